The zero-order valence-electron chi connectivity index (χ0n) is 16.6. The number of rotatable bonds is 8. The fraction of sp³-hybridized carbons (Fsp3) is 0.136. The van der Waals surface area contributed by atoms with E-state index in [2.05, 4.69) is 15.5 Å². The van der Waals surface area contributed by atoms with Crippen molar-refractivity contribution in [2.45, 2.75) is 11.7 Å². The van der Waals surface area contributed by atoms with Gasteiger partial charge in [0, 0.05) is 5.56 Å². The van der Waals surface area contributed by atoms with Crippen LogP contribution in [0.15, 0.2) is 76.5 Å². The molecule has 0 spiro atoms. The van der Waals surface area contributed by atoms with Crippen LogP contribution >= 0.6 is 11.8 Å². The molecule has 4 aromatic rings. The molecule has 1 amide bonds. The second kappa shape index (κ2) is 9.48. The van der Waals surface area contributed by atoms with E-state index in [0.717, 1.165) is 11.3 Å². The van der Waals surface area contributed by atoms with Gasteiger partial charge in [0.2, 0.25) is 5.91 Å². The Morgan fingerprint density at radius 3 is 2.81 bits per heavy atom. The molecule has 2 aromatic heterocycles. The molecule has 31 heavy (non-hydrogen) atoms. The molecule has 0 saturated heterocycles. The fourth-order valence-electron chi connectivity index (χ4n) is 2.95. The second-order valence-corrected chi connectivity index (χ2v) is 7.46. The Labute approximate surface area is 182 Å². The molecular weight excluding hydrogens is 419 g/mol. The van der Waals surface area contributed by atoms with Crippen LogP contribution in [0.3, 0.4) is 0 Å². The highest BCUT2D eigenvalue weighted by molar-refractivity contribution is 7.99. The number of methoxy groups -OCH3 is 1. The van der Waals surface area contributed by atoms with Gasteiger partial charge in [-0.15, -0.1) is 10.2 Å². The van der Waals surface area contributed by atoms with E-state index in [1.165, 1.54) is 23.9 Å². The third kappa shape index (κ3) is 4.95. The van der Waals surface area contributed by atoms with Crippen molar-refractivity contribution in [2.75, 3.05) is 18.2 Å². The van der Waals surface area contributed by atoms with Crippen molar-refractivity contribution in [3.63, 3.8) is 0 Å². The lowest BCUT2D eigenvalue weighted by molar-refractivity contribution is -0.113. The number of para-hydroxylation sites is 1. The van der Waals surface area contributed by atoms with Crippen LogP contribution in [0.4, 0.5) is 10.1 Å². The van der Waals surface area contributed by atoms with Crippen molar-refractivity contribution in [3.8, 4) is 17.1 Å². The number of hydrogen-bond acceptors (Lipinski definition) is 6. The minimum Gasteiger partial charge on any atom is -0.497 e. The third-order valence-electron chi connectivity index (χ3n) is 4.42. The maximum atomic E-state index is 13.8. The number of amides is 1. The first-order chi connectivity index (χ1) is 15.1. The van der Waals surface area contributed by atoms with Crippen molar-refractivity contribution in [2.24, 2.45) is 0 Å². The van der Waals surface area contributed by atoms with Gasteiger partial charge in [0.05, 0.1) is 31.4 Å². The molecular formula is C22H19FN4O3S. The van der Waals surface area contributed by atoms with E-state index in [4.69, 9.17) is 9.15 Å². The highest BCUT2D eigenvalue weighted by Gasteiger charge is 2.18. The summed E-state index contributed by atoms with van der Waals surface area (Å²) in [7, 11) is 1.60. The molecule has 0 aliphatic heterocycles. The molecule has 2 aromatic carbocycles. The Kier molecular flexibility index (Phi) is 6.32. The average molecular weight is 438 g/mol. The predicted octanol–water partition coefficient (Wildman–Crippen LogP) is 4.46. The van der Waals surface area contributed by atoms with Crippen LogP contribution in [-0.4, -0.2) is 33.5 Å². The van der Waals surface area contributed by atoms with Crippen LogP contribution in [0.1, 0.15) is 5.76 Å². The monoisotopic (exact) mass is 438 g/mol. The third-order valence-corrected chi connectivity index (χ3v) is 5.39. The maximum Gasteiger partial charge on any atom is 0.234 e. The van der Waals surface area contributed by atoms with E-state index in [-0.39, 0.29) is 17.3 Å². The zero-order valence-corrected chi connectivity index (χ0v) is 17.4. The molecule has 0 bridgehead atoms. The standard InChI is InChI=1S/C22H19FN4O3S/c1-29-16-7-4-6-15(12-16)21-25-26-22(27(21)13-17-8-5-11-30-17)31-14-20(28)24-19-10-3-2-9-18(19)23/h2-12H,13-14H2,1H3,(H,24,28). The van der Waals surface area contributed by atoms with Gasteiger partial charge in [-0.3, -0.25) is 9.36 Å². The van der Waals surface area contributed by atoms with Gasteiger partial charge in [-0.1, -0.05) is 36.0 Å². The molecule has 0 aliphatic rings. The molecule has 7 nitrogen and oxygen atoms in total. The Morgan fingerprint density at radius 2 is 2.03 bits per heavy atom. The van der Waals surface area contributed by atoms with Gasteiger partial charge in [-0.25, -0.2) is 4.39 Å². The van der Waals surface area contributed by atoms with Crippen LogP contribution in [0, 0.1) is 5.82 Å². The molecule has 0 atom stereocenters. The fourth-order valence-corrected chi connectivity index (χ4v) is 3.69. The molecule has 0 unspecified atom stereocenters. The smallest absolute Gasteiger partial charge is 0.234 e. The highest BCUT2D eigenvalue weighted by Crippen LogP contribution is 2.27. The van der Waals surface area contributed by atoms with Crippen molar-refractivity contribution in [3.05, 3.63) is 78.5 Å². The topological polar surface area (TPSA) is 82.2 Å². The van der Waals surface area contributed by atoms with Gasteiger partial charge in [0.15, 0.2) is 11.0 Å². The SMILES string of the molecule is COc1cccc(-c2nnc(SCC(=O)Nc3ccccc3F)n2Cc2ccco2)c1. The summed E-state index contributed by atoms with van der Waals surface area (Å²) in [6.07, 6.45) is 1.60. The molecule has 0 radical (unpaired) electrons. The second-order valence-electron chi connectivity index (χ2n) is 6.52. The molecule has 0 saturated carbocycles. The van der Waals surface area contributed by atoms with Crippen LogP contribution < -0.4 is 10.1 Å². The van der Waals surface area contributed by atoms with Crippen molar-refractivity contribution >= 4 is 23.4 Å². The highest BCUT2D eigenvalue weighted by atomic mass is 32.2. The molecule has 4 rings (SSSR count). The van der Waals surface area contributed by atoms with Gasteiger partial charge in [-0.05, 0) is 36.4 Å². The number of anilines is 1. The number of carbonyl (C=O) groups excluding carboxylic acids is 1. The lowest BCUT2D eigenvalue weighted by atomic mass is 10.2. The number of carbonyl (C=O) groups is 1. The minimum atomic E-state index is -0.484. The van der Waals surface area contributed by atoms with Gasteiger partial charge < -0.3 is 14.5 Å². The van der Waals surface area contributed by atoms with Gasteiger partial charge >= 0.3 is 0 Å². The average Bonchev–Trinajstić information content (AvgIpc) is 3.44. The van der Waals surface area contributed by atoms with Crippen LogP contribution in [0.5, 0.6) is 5.75 Å². The Morgan fingerprint density at radius 1 is 1.16 bits per heavy atom. The molecule has 1 N–H and O–H groups in total. The van der Waals surface area contributed by atoms with Crippen molar-refractivity contribution in [1.29, 1.82) is 0 Å². The summed E-state index contributed by atoms with van der Waals surface area (Å²) in [6, 6.07) is 17.2. The summed E-state index contributed by atoms with van der Waals surface area (Å²) in [4.78, 5) is 12.3. The summed E-state index contributed by atoms with van der Waals surface area (Å²) in [5, 5.41) is 11.7. The summed E-state index contributed by atoms with van der Waals surface area (Å²) in [5.74, 6) is 1.26. The van der Waals surface area contributed by atoms with E-state index < -0.39 is 5.82 Å². The molecule has 9 heteroatoms. The Balaban J connectivity index is 1.56. The number of benzene rings is 2. The maximum absolute atomic E-state index is 13.8. The number of ether oxygens (including phenoxy) is 1. The lowest BCUT2D eigenvalue weighted by Crippen LogP contribution is -2.15. The number of aromatic nitrogens is 3. The number of nitrogens with zero attached hydrogens (tertiary/aromatic N) is 3. The first-order valence-electron chi connectivity index (χ1n) is 9.41. The van der Waals surface area contributed by atoms with Crippen LogP contribution in [-0.2, 0) is 11.3 Å². The normalized spacial score (nSPS) is 10.8. The first-order valence-corrected chi connectivity index (χ1v) is 10.4. The van der Waals surface area contributed by atoms with E-state index >= 15 is 0 Å². The van der Waals surface area contributed by atoms with Crippen molar-refractivity contribution < 1.29 is 18.3 Å². The van der Waals surface area contributed by atoms with Gasteiger partial charge in [0.1, 0.15) is 17.3 Å². The molecule has 0 aliphatic carbocycles. The van der Waals surface area contributed by atoms with Gasteiger partial charge in [0.25, 0.3) is 0 Å². The Hall–Kier alpha value is -3.59. The number of hydrogen-bond donors (Lipinski definition) is 1. The first kappa shape index (κ1) is 20.7. The summed E-state index contributed by atoms with van der Waals surface area (Å²) in [6.45, 7) is 0.393. The summed E-state index contributed by atoms with van der Waals surface area (Å²) in [5.41, 5.74) is 0.961. The summed E-state index contributed by atoms with van der Waals surface area (Å²) >= 11 is 1.21. The molecule has 2 heterocycles. The quantitative estimate of drug-likeness (QED) is 0.409. The molecule has 158 valence electrons. The zero-order chi connectivity index (χ0) is 21.6. The van der Waals surface area contributed by atoms with Gasteiger partial charge in [-0.2, -0.15) is 0 Å². The summed E-state index contributed by atoms with van der Waals surface area (Å²) < 4.78 is 26.4. The van der Waals surface area contributed by atoms with Crippen molar-refractivity contribution in [1.82, 2.24) is 14.8 Å². The minimum absolute atomic E-state index is 0.0444. The predicted molar refractivity (Wildman–Crippen MR) is 116 cm³/mol. The van der Waals surface area contributed by atoms with E-state index in [9.17, 15) is 9.18 Å². The number of furan rings is 1. The van der Waals surface area contributed by atoms with E-state index in [1.54, 1.807) is 31.6 Å². The largest absolute Gasteiger partial charge is 0.497 e. The number of nitrogens with one attached hydrogen (secondary N) is 1. The van der Waals surface area contributed by atoms with Crippen LogP contribution in [0.25, 0.3) is 11.4 Å². The number of thioether (sulfide) groups is 1. The molecule has 0 fully saturated rings. The van der Waals surface area contributed by atoms with E-state index in [1.807, 2.05) is 34.9 Å². The number of halogens is 1. The van der Waals surface area contributed by atoms with Crippen LogP contribution in [0.2, 0.25) is 0 Å². The van der Waals surface area contributed by atoms with E-state index in [0.29, 0.717) is 23.3 Å². The Bertz CT molecular complexity index is 1180. The lowest BCUT2D eigenvalue weighted by Gasteiger charge is -2.10.